The Hall–Kier alpha value is -0.320. The van der Waals surface area contributed by atoms with Crippen LogP contribution in [0.5, 0.6) is 0 Å². The molecule has 0 heterocycles. The van der Waals surface area contributed by atoms with Crippen molar-refractivity contribution in [3.8, 4) is 0 Å². The molecular formula is C20H38ClNO3. The Balaban J connectivity index is 0.00000312. The highest BCUT2D eigenvalue weighted by atomic mass is 35.5. The number of fused-ring (bicyclic) bond motifs is 2. The van der Waals surface area contributed by atoms with Crippen molar-refractivity contribution in [3.05, 3.63) is 0 Å². The van der Waals surface area contributed by atoms with E-state index >= 15 is 0 Å². The maximum Gasteiger partial charge on any atom is 0.362 e. The molecule has 2 rings (SSSR count). The summed E-state index contributed by atoms with van der Waals surface area (Å²) in [5.41, 5.74) is 0.701. The number of esters is 1. The number of hydrogen-bond acceptors (Lipinski definition) is 3. The van der Waals surface area contributed by atoms with E-state index in [1.807, 2.05) is 13.8 Å². The van der Waals surface area contributed by atoms with Gasteiger partial charge in [0.1, 0.15) is 6.54 Å². The number of carbonyl (C=O) groups is 1. The Morgan fingerprint density at radius 1 is 1.28 bits per heavy atom. The predicted molar refractivity (Wildman–Crippen MR) is 96.7 cm³/mol. The molecule has 0 saturated heterocycles. The maximum atomic E-state index is 12.0. The molecule has 0 N–H and O–H groups in total. The van der Waals surface area contributed by atoms with Crippen molar-refractivity contribution in [2.45, 2.75) is 72.5 Å². The van der Waals surface area contributed by atoms with Gasteiger partial charge < -0.3 is 26.4 Å². The van der Waals surface area contributed by atoms with Gasteiger partial charge in [-0.15, -0.1) is 0 Å². The summed E-state index contributed by atoms with van der Waals surface area (Å²) in [4.78, 5) is 12.0. The topological polar surface area (TPSA) is 35.5 Å². The second kappa shape index (κ2) is 8.14. The fraction of sp³-hybridized carbons (Fsp3) is 0.950. The van der Waals surface area contributed by atoms with Gasteiger partial charge in [0, 0.05) is 0 Å². The number of halogens is 1. The number of hydrogen-bond donors (Lipinski definition) is 0. The van der Waals surface area contributed by atoms with Crippen molar-refractivity contribution in [1.82, 2.24) is 0 Å². The molecule has 4 unspecified atom stereocenters. The van der Waals surface area contributed by atoms with Crippen LogP contribution in [0, 0.1) is 16.7 Å². The molecule has 4 nitrogen and oxygen atoms in total. The van der Waals surface area contributed by atoms with E-state index in [4.69, 9.17) is 9.47 Å². The SMILES string of the molecule is CCC(C)OC(=O)C[N+](C)(C)CCOC1CC2CCC1(C)C2(C)C.[Cl-]. The Labute approximate surface area is 160 Å². The Kier molecular flexibility index (Phi) is 7.40. The molecule has 5 heteroatoms. The van der Waals surface area contributed by atoms with Gasteiger partial charge >= 0.3 is 5.97 Å². The van der Waals surface area contributed by atoms with Crippen LogP contribution in [0.15, 0.2) is 0 Å². The van der Waals surface area contributed by atoms with Gasteiger partial charge in [-0.2, -0.15) is 0 Å². The highest BCUT2D eigenvalue weighted by Crippen LogP contribution is 2.66. The molecule has 0 aromatic heterocycles. The van der Waals surface area contributed by atoms with Gasteiger partial charge in [0.2, 0.25) is 0 Å². The van der Waals surface area contributed by atoms with E-state index in [1.165, 1.54) is 19.3 Å². The molecule has 2 saturated carbocycles. The lowest BCUT2D eigenvalue weighted by Crippen LogP contribution is -3.00. The molecule has 148 valence electrons. The summed E-state index contributed by atoms with van der Waals surface area (Å²) in [7, 11) is 4.15. The van der Waals surface area contributed by atoms with Crippen molar-refractivity contribution in [3.63, 3.8) is 0 Å². The number of quaternary nitrogens is 1. The van der Waals surface area contributed by atoms with Crippen LogP contribution in [0.1, 0.15) is 60.3 Å². The van der Waals surface area contributed by atoms with Gasteiger partial charge in [-0.3, -0.25) is 0 Å². The second-order valence-electron chi connectivity index (χ2n) is 9.50. The smallest absolute Gasteiger partial charge is 0.362 e. The maximum absolute atomic E-state index is 12.0. The van der Waals surface area contributed by atoms with Crippen molar-refractivity contribution in [1.29, 1.82) is 0 Å². The van der Waals surface area contributed by atoms with Gasteiger partial charge in [0.15, 0.2) is 6.54 Å². The first-order valence-electron chi connectivity index (χ1n) is 9.65. The van der Waals surface area contributed by atoms with E-state index in [1.54, 1.807) is 0 Å². The van der Waals surface area contributed by atoms with Crippen LogP contribution in [-0.2, 0) is 14.3 Å². The number of rotatable bonds is 8. The summed E-state index contributed by atoms with van der Waals surface area (Å²) in [6, 6.07) is 0. The summed E-state index contributed by atoms with van der Waals surface area (Å²) in [5.74, 6) is 0.697. The van der Waals surface area contributed by atoms with E-state index in [9.17, 15) is 4.79 Å². The van der Waals surface area contributed by atoms with Crippen LogP contribution in [-0.4, -0.2) is 56.5 Å². The van der Waals surface area contributed by atoms with Crippen LogP contribution in [0.4, 0.5) is 0 Å². The fourth-order valence-corrected chi connectivity index (χ4v) is 4.60. The lowest BCUT2D eigenvalue weighted by molar-refractivity contribution is -0.883. The molecule has 0 aromatic carbocycles. The summed E-state index contributed by atoms with van der Waals surface area (Å²) in [6.45, 7) is 13.2. The lowest BCUT2D eigenvalue weighted by Gasteiger charge is -2.39. The van der Waals surface area contributed by atoms with Crippen LogP contribution >= 0.6 is 0 Å². The second-order valence-corrected chi connectivity index (χ2v) is 9.50. The van der Waals surface area contributed by atoms with E-state index in [-0.39, 0.29) is 24.5 Å². The first-order chi connectivity index (χ1) is 11.0. The van der Waals surface area contributed by atoms with Crippen LogP contribution in [0.3, 0.4) is 0 Å². The molecule has 2 aliphatic carbocycles. The summed E-state index contributed by atoms with van der Waals surface area (Å²) in [5, 5.41) is 0. The number of ether oxygens (including phenoxy) is 2. The van der Waals surface area contributed by atoms with Crippen molar-refractivity contribution >= 4 is 5.97 Å². The third-order valence-electron chi connectivity index (χ3n) is 7.19. The van der Waals surface area contributed by atoms with Gasteiger partial charge in [0.05, 0.1) is 32.9 Å². The zero-order valence-electron chi connectivity index (χ0n) is 17.2. The Bertz CT molecular complexity index is 466. The van der Waals surface area contributed by atoms with Crippen molar-refractivity contribution < 1.29 is 31.2 Å². The minimum Gasteiger partial charge on any atom is -1.00 e. The molecule has 0 radical (unpaired) electrons. The van der Waals surface area contributed by atoms with Gasteiger partial charge in [-0.1, -0.05) is 27.7 Å². The van der Waals surface area contributed by atoms with E-state index in [0.717, 1.165) is 18.9 Å². The number of carbonyl (C=O) groups excluding carboxylic acids is 1. The minimum absolute atomic E-state index is 0. The third kappa shape index (κ3) is 4.70. The molecular weight excluding hydrogens is 338 g/mol. The monoisotopic (exact) mass is 375 g/mol. The zero-order chi connectivity index (χ0) is 18.2. The Morgan fingerprint density at radius 2 is 1.92 bits per heavy atom. The molecule has 2 fully saturated rings. The van der Waals surface area contributed by atoms with Gasteiger partial charge in [-0.05, 0) is 49.4 Å². The summed E-state index contributed by atoms with van der Waals surface area (Å²) in [6.07, 6.45) is 5.08. The Morgan fingerprint density at radius 3 is 2.40 bits per heavy atom. The molecule has 0 amide bonds. The minimum atomic E-state index is -0.109. The fourth-order valence-electron chi connectivity index (χ4n) is 4.60. The zero-order valence-corrected chi connectivity index (χ0v) is 18.0. The van der Waals surface area contributed by atoms with Crippen LogP contribution in [0.2, 0.25) is 0 Å². The third-order valence-corrected chi connectivity index (χ3v) is 7.19. The predicted octanol–water partition coefficient (Wildman–Crippen LogP) is 0.640. The first-order valence-corrected chi connectivity index (χ1v) is 9.65. The summed E-state index contributed by atoms with van der Waals surface area (Å²) < 4.78 is 12.3. The van der Waals surface area contributed by atoms with Crippen molar-refractivity contribution in [2.24, 2.45) is 16.7 Å². The van der Waals surface area contributed by atoms with Crippen LogP contribution in [0.25, 0.3) is 0 Å². The van der Waals surface area contributed by atoms with E-state index < -0.39 is 0 Å². The van der Waals surface area contributed by atoms with Gasteiger partial charge in [0.25, 0.3) is 0 Å². The first kappa shape index (κ1) is 22.7. The average Bonchev–Trinajstić information content (AvgIpc) is 2.79. The molecule has 0 aliphatic heterocycles. The molecule has 2 bridgehead atoms. The van der Waals surface area contributed by atoms with Gasteiger partial charge in [-0.25, -0.2) is 4.79 Å². The largest absolute Gasteiger partial charge is 1.00 e. The average molecular weight is 376 g/mol. The van der Waals surface area contributed by atoms with Crippen LogP contribution < -0.4 is 12.4 Å². The summed E-state index contributed by atoms with van der Waals surface area (Å²) >= 11 is 0. The lowest BCUT2D eigenvalue weighted by atomic mass is 9.70. The molecule has 2 aliphatic rings. The molecule has 25 heavy (non-hydrogen) atoms. The molecule has 4 atom stereocenters. The molecule has 0 aromatic rings. The highest BCUT2D eigenvalue weighted by Gasteiger charge is 2.61. The molecule has 0 spiro atoms. The van der Waals surface area contributed by atoms with E-state index in [0.29, 0.717) is 34.6 Å². The normalized spacial score (nSPS) is 31.5. The van der Waals surface area contributed by atoms with Crippen molar-refractivity contribution in [2.75, 3.05) is 33.8 Å². The quantitative estimate of drug-likeness (QED) is 0.461. The standard InChI is InChI=1S/C20H38NO3.ClH/c1-8-15(2)24-18(22)14-21(6,7)11-12-23-17-13-16-9-10-20(17,5)19(16,3)4;/h15-17H,8-14H2,1-7H3;1H/q+1;/p-1. The number of likely N-dealkylation sites (N-methyl/N-ethyl adjacent to an activating group) is 1. The number of nitrogens with zero attached hydrogens (tertiary/aromatic N) is 1. The highest BCUT2D eigenvalue weighted by molar-refractivity contribution is 5.70. The van der Waals surface area contributed by atoms with E-state index in [2.05, 4.69) is 34.9 Å².